The summed E-state index contributed by atoms with van der Waals surface area (Å²) in [6.07, 6.45) is 4.78. The van der Waals surface area contributed by atoms with Crippen LogP contribution in [0.15, 0.2) is 6.33 Å². The molecular formula is C16H21N5OS. The van der Waals surface area contributed by atoms with Gasteiger partial charge in [0.25, 0.3) is 0 Å². The van der Waals surface area contributed by atoms with Crippen molar-refractivity contribution in [2.75, 3.05) is 31.5 Å². The Morgan fingerprint density at radius 1 is 1.26 bits per heavy atom. The van der Waals surface area contributed by atoms with Gasteiger partial charge >= 0.3 is 6.03 Å². The molecule has 4 heterocycles. The number of thiophene rings is 1. The molecule has 0 aromatic carbocycles. The molecule has 2 aliphatic heterocycles. The number of nitrogens with one attached hydrogen (secondary N) is 1. The van der Waals surface area contributed by atoms with Gasteiger partial charge in [-0.05, 0) is 31.7 Å². The molecule has 6 nitrogen and oxygen atoms in total. The van der Waals surface area contributed by atoms with E-state index in [2.05, 4.69) is 22.2 Å². The third-order valence-electron chi connectivity index (χ3n) is 4.63. The van der Waals surface area contributed by atoms with E-state index in [1.54, 1.807) is 17.7 Å². The van der Waals surface area contributed by atoms with Crippen LogP contribution in [0.4, 0.5) is 10.6 Å². The van der Waals surface area contributed by atoms with E-state index < -0.39 is 0 Å². The fourth-order valence-electron chi connectivity index (χ4n) is 3.50. The van der Waals surface area contributed by atoms with Gasteiger partial charge in [-0.2, -0.15) is 0 Å². The smallest absolute Gasteiger partial charge is 0.320 e. The summed E-state index contributed by atoms with van der Waals surface area (Å²) in [7, 11) is 0. The van der Waals surface area contributed by atoms with E-state index in [-0.39, 0.29) is 6.03 Å². The summed E-state index contributed by atoms with van der Waals surface area (Å²) in [4.78, 5) is 27.7. The SMILES string of the molecule is CCNc1ncnc2sc3c(c12)CCN(C(=O)N1CCCC1)C3. The van der Waals surface area contributed by atoms with Gasteiger partial charge < -0.3 is 15.1 Å². The van der Waals surface area contributed by atoms with E-state index in [1.165, 1.54) is 10.4 Å². The van der Waals surface area contributed by atoms with Crippen LogP contribution < -0.4 is 5.32 Å². The lowest BCUT2D eigenvalue weighted by Crippen LogP contribution is -2.43. The molecule has 23 heavy (non-hydrogen) atoms. The first kappa shape index (κ1) is 14.7. The summed E-state index contributed by atoms with van der Waals surface area (Å²) in [6.45, 7) is 6.22. The molecule has 1 saturated heterocycles. The molecule has 0 atom stereocenters. The lowest BCUT2D eigenvalue weighted by Gasteiger charge is -2.31. The minimum Gasteiger partial charge on any atom is -0.370 e. The summed E-state index contributed by atoms with van der Waals surface area (Å²) >= 11 is 1.70. The molecule has 7 heteroatoms. The maximum absolute atomic E-state index is 12.6. The maximum atomic E-state index is 12.6. The Morgan fingerprint density at radius 2 is 2.09 bits per heavy atom. The highest BCUT2D eigenvalue weighted by Gasteiger charge is 2.29. The largest absolute Gasteiger partial charge is 0.370 e. The zero-order valence-electron chi connectivity index (χ0n) is 13.3. The van der Waals surface area contributed by atoms with Crippen LogP contribution in [0.2, 0.25) is 0 Å². The monoisotopic (exact) mass is 331 g/mol. The van der Waals surface area contributed by atoms with E-state index in [0.717, 1.165) is 61.5 Å². The van der Waals surface area contributed by atoms with Crippen LogP contribution in [0.1, 0.15) is 30.2 Å². The third kappa shape index (κ3) is 2.52. The first-order valence-corrected chi connectivity index (χ1v) is 9.12. The van der Waals surface area contributed by atoms with Gasteiger partial charge in [-0.25, -0.2) is 14.8 Å². The second-order valence-electron chi connectivity index (χ2n) is 6.08. The molecule has 1 fully saturated rings. The molecule has 1 N–H and O–H groups in total. The van der Waals surface area contributed by atoms with Gasteiger partial charge in [0.15, 0.2) is 0 Å². The minimum atomic E-state index is 0.198. The van der Waals surface area contributed by atoms with E-state index in [4.69, 9.17) is 0 Å². The minimum absolute atomic E-state index is 0.198. The number of nitrogens with zero attached hydrogens (tertiary/aromatic N) is 4. The topological polar surface area (TPSA) is 61.4 Å². The first-order chi connectivity index (χ1) is 11.3. The summed E-state index contributed by atoms with van der Waals surface area (Å²) in [5.41, 5.74) is 1.33. The molecule has 0 radical (unpaired) electrons. The van der Waals surface area contributed by atoms with Crippen molar-refractivity contribution in [3.63, 3.8) is 0 Å². The highest BCUT2D eigenvalue weighted by Crippen LogP contribution is 2.37. The standard InChI is InChI=1S/C16H21N5OS/c1-2-17-14-13-11-5-8-21(16(22)20-6-3-4-7-20)9-12(11)23-15(13)19-10-18-14/h10H,2-9H2,1H3,(H,17,18,19). The average Bonchev–Trinajstić information content (AvgIpc) is 3.21. The van der Waals surface area contributed by atoms with Crippen molar-refractivity contribution < 1.29 is 4.79 Å². The Kier molecular flexibility index (Phi) is 3.80. The summed E-state index contributed by atoms with van der Waals surface area (Å²) < 4.78 is 0. The van der Waals surface area contributed by atoms with Crippen LogP contribution in [0.3, 0.4) is 0 Å². The zero-order chi connectivity index (χ0) is 15.8. The van der Waals surface area contributed by atoms with Crippen LogP contribution in [0, 0.1) is 0 Å². The second kappa shape index (κ2) is 5.96. The van der Waals surface area contributed by atoms with E-state index in [0.29, 0.717) is 6.54 Å². The molecule has 0 aliphatic carbocycles. The van der Waals surface area contributed by atoms with Crippen LogP contribution in [-0.2, 0) is 13.0 Å². The van der Waals surface area contributed by atoms with Crippen molar-refractivity contribution in [2.45, 2.75) is 32.7 Å². The second-order valence-corrected chi connectivity index (χ2v) is 7.17. The van der Waals surface area contributed by atoms with E-state index >= 15 is 0 Å². The van der Waals surface area contributed by atoms with Gasteiger partial charge in [-0.1, -0.05) is 0 Å². The van der Waals surface area contributed by atoms with Crippen molar-refractivity contribution in [2.24, 2.45) is 0 Å². The highest BCUT2D eigenvalue weighted by atomic mass is 32.1. The molecular weight excluding hydrogens is 310 g/mol. The Hall–Kier alpha value is -1.89. The van der Waals surface area contributed by atoms with Crippen LogP contribution >= 0.6 is 11.3 Å². The zero-order valence-corrected chi connectivity index (χ0v) is 14.2. The number of amides is 2. The number of carbonyl (C=O) groups excluding carboxylic acids is 1. The number of rotatable bonds is 2. The molecule has 2 aliphatic rings. The molecule has 0 unspecified atom stereocenters. The number of hydrogen-bond acceptors (Lipinski definition) is 5. The summed E-state index contributed by atoms with van der Waals surface area (Å²) in [5, 5.41) is 4.49. The maximum Gasteiger partial charge on any atom is 0.320 e. The average molecular weight is 331 g/mol. The fraction of sp³-hybridized carbons (Fsp3) is 0.562. The van der Waals surface area contributed by atoms with E-state index in [1.807, 2.05) is 9.80 Å². The van der Waals surface area contributed by atoms with Crippen molar-refractivity contribution >= 4 is 33.4 Å². The van der Waals surface area contributed by atoms with Gasteiger partial charge in [-0.15, -0.1) is 11.3 Å². The molecule has 2 aromatic rings. The van der Waals surface area contributed by atoms with Gasteiger partial charge in [0, 0.05) is 31.1 Å². The molecule has 2 aromatic heterocycles. The molecule has 0 saturated carbocycles. The van der Waals surface area contributed by atoms with Gasteiger partial charge in [0.2, 0.25) is 0 Å². The van der Waals surface area contributed by atoms with Crippen molar-refractivity contribution in [3.8, 4) is 0 Å². The number of carbonyl (C=O) groups is 1. The van der Waals surface area contributed by atoms with Gasteiger partial charge in [0.05, 0.1) is 11.9 Å². The van der Waals surface area contributed by atoms with Crippen LogP contribution in [-0.4, -0.2) is 52.0 Å². The Balaban J connectivity index is 1.64. The molecule has 2 amide bonds. The summed E-state index contributed by atoms with van der Waals surface area (Å²) in [6, 6.07) is 0.198. The molecule has 0 spiro atoms. The normalized spacial score (nSPS) is 17.6. The quantitative estimate of drug-likeness (QED) is 0.919. The lowest BCUT2D eigenvalue weighted by molar-refractivity contribution is 0.158. The lowest BCUT2D eigenvalue weighted by atomic mass is 10.1. The highest BCUT2D eigenvalue weighted by molar-refractivity contribution is 7.19. The number of likely N-dealkylation sites (tertiary alicyclic amines) is 1. The van der Waals surface area contributed by atoms with Crippen molar-refractivity contribution in [3.05, 3.63) is 16.8 Å². The van der Waals surface area contributed by atoms with Gasteiger partial charge in [-0.3, -0.25) is 0 Å². The number of aromatic nitrogens is 2. The fourth-order valence-corrected chi connectivity index (χ4v) is 4.70. The van der Waals surface area contributed by atoms with Crippen LogP contribution in [0.5, 0.6) is 0 Å². The number of hydrogen-bond donors (Lipinski definition) is 1. The van der Waals surface area contributed by atoms with Crippen LogP contribution in [0.25, 0.3) is 10.2 Å². The predicted molar refractivity (Wildman–Crippen MR) is 91.9 cm³/mol. The Bertz CT molecular complexity index is 737. The molecule has 122 valence electrons. The number of anilines is 1. The summed E-state index contributed by atoms with van der Waals surface area (Å²) in [5.74, 6) is 0.925. The Morgan fingerprint density at radius 3 is 2.87 bits per heavy atom. The van der Waals surface area contributed by atoms with Crippen molar-refractivity contribution in [1.82, 2.24) is 19.8 Å². The van der Waals surface area contributed by atoms with Gasteiger partial charge in [0.1, 0.15) is 17.0 Å². The molecule has 0 bridgehead atoms. The predicted octanol–water partition coefficient (Wildman–Crippen LogP) is 2.70. The Labute approximate surface area is 139 Å². The van der Waals surface area contributed by atoms with E-state index in [9.17, 15) is 4.79 Å². The van der Waals surface area contributed by atoms with Crippen molar-refractivity contribution in [1.29, 1.82) is 0 Å². The number of fused-ring (bicyclic) bond motifs is 3. The first-order valence-electron chi connectivity index (χ1n) is 8.31. The number of urea groups is 1. The third-order valence-corrected chi connectivity index (χ3v) is 5.75. The molecule has 4 rings (SSSR count).